The van der Waals surface area contributed by atoms with Crippen LogP contribution in [-0.2, 0) is 16.0 Å². The van der Waals surface area contributed by atoms with Gasteiger partial charge in [0.05, 0.1) is 31.0 Å². The molecule has 0 aliphatic carbocycles. The monoisotopic (exact) mass is 358 g/mol. The van der Waals surface area contributed by atoms with Crippen LogP contribution in [0.5, 0.6) is 0 Å². The van der Waals surface area contributed by atoms with Crippen molar-refractivity contribution in [3.63, 3.8) is 0 Å². The van der Waals surface area contributed by atoms with Crippen molar-refractivity contribution in [3.8, 4) is 0 Å². The molecule has 0 aromatic heterocycles. The number of methoxy groups -OCH3 is 2. The minimum atomic E-state index is -0.537. The number of carbonyl (C=O) groups is 2. The molecule has 0 heterocycles. The highest BCUT2D eigenvalue weighted by Crippen LogP contribution is 2.19. The molecule has 0 unspecified atom stereocenters. The second-order valence-electron chi connectivity index (χ2n) is 5.04. The first kappa shape index (κ1) is 18.4. The molecule has 0 spiro atoms. The van der Waals surface area contributed by atoms with Crippen LogP contribution in [0.3, 0.4) is 0 Å². The van der Waals surface area contributed by atoms with Gasteiger partial charge in [0.15, 0.2) is 5.11 Å². The Morgan fingerprint density at radius 1 is 1.00 bits per heavy atom. The van der Waals surface area contributed by atoms with Crippen LogP contribution in [0.15, 0.2) is 48.5 Å². The van der Waals surface area contributed by atoms with Crippen molar-refractivity contribution in [2.24, 2.45) is 0 Å². The van der Waals surface area contributed by atoms with Gasteiger partial charge in [0, 0.05) is 6.54 Å². The molecule has 0 atom stereocenters. The Kier molecular flexibility index (Phi) is 6.47. The maximum absolute atomic E-state index is 11.9. The van der Waals surface area contributed by atoms with E-state index in [0.29, 0.717) is 22.9 Å². The Balaban J connectivity index is 2.15. The summed E-state index contributed by atoms with van der Waals surface area (Å²) in [6.45, 7) is 0.525. The lowest BCUT2D eigenvalue weighted by atomic mass is 10.1. The maximum atomic E-state index is 11.9. The highest BCUT2D eigenvalue weighted by atomic mass is 32.1. The number of benzene rings is 2. The second-order valence-corrected chi connectivity index (χ2v) is 5.45. The van der Waals surface area contributed by atoms with Crippen molar-refractivity contribution < 1.29 is 19.1 Å². The molecule has 6 nitrogen and oxygen atoms in total. The number of esters is 2. The summed E-state index contributed by atoms with van der Waals surface area (Å²) in [5.74, 6) is -1.05. The number of carbonyl (C=O) groups excluding carboxylic acids is 2. The lowest BCUT2D eigenvalue weighted by molar-refractivity contribution is 0.0587. The Hall–Kier alpha value is -2.93. The van der Waals surface area contributed by atoms with E-state index < -0.39 is 11.9 Å². The van der Waals surface area contributed by atoms with Crippen molar-refractivity contribution in [3.05, 3.63) is 65.2 Å². The van der Waals surface area contributed by atoms with Gasteiger partial charge in [-0.1, -0.05) is 30.3 Å². The van der Waals surface area contributed by atoms with E-state index in [1.165, 1.54) is 32.4 Å². The highest BCUT2D eigenvalue weighted by Gasteiger charge is 2.16. The summed E-state index contributed by atoms with van der Waals surface area (Å²) in [5, 5.41) is 6.29. The zero-order valence-electron chi connectivity index (χ0n) is 13.9. The fourth-order valence-electron chi connectivity index (χ4n) is 2.13. The third kappa shape index (κ3) is 5.02. The van der Waals surface area contributed by atoms with E-state index in [4.69, 9.17) is 21.7 Å². The van der Waals surface area contributed by atoms with Crippen molar-refractivity contribution in [1.29, 1.82) is 0 Å². The molecule has 0 amide bonds. The largest absolute Gasteiger partial charge is 0.465 e. The number of rotatable bonds is 5. The highest BCUT2D eigenvalue weighted by molar-refractivity contribution is 7.80. The van der Waals surface area contributed by atoms with Gasteiger partial charge in [-0.05, 0) is 36.0 Å². The molecule has 0 radical (unpaired) electrons. The molecular formula is C18H18N2O4S. The summed E-state index contributed by atoms with van der Waals surface area (Å²) in [6, 6.07) is 14.2. The Labute approximate surface area is 151 Å². The number of hydrogen-bond acceptors (Lipinski definition) is 5. The number of hydrogen-bond donors (Lipinski definition) is 2. The van der Waals surface area contributed by atoms with Gasteiger partial charge in [-0.15, -0.1) is 0 Å². The lowest BCUT2D eigenvalue weighted by Gasteiger charge is -2.14. The standard InChI is InChI=1S/C18H18N2O4S/c1-23-16(21)13-8-9-14(17(22)24-2)15(10-13)20-18(25)19-11-12-6-4-3-5-7-12/h3-10H,11H2,1-2H3,(H2,19,20,25). The van der Waals surface area contributed by atoms with Crippen molar-refractivity contribution in [1.82, 2.24) is 5.32 Å². The first-order valence-electron chi connectivity index (χ1n) is 7.44. The van der Waals surface area contributed by atoms with Gasteiger partial charge in [0.1, 0.15) is 0 Å². The molecule has 2 aromatic carbocycles. The number of anilines is 1. The molecular weight excluding hydrogens is 340 g/mol. The fourth-order valence-corrected chi connectivity index (χ4v) is 2.31. The molecule has 0 bridgehead atoms. The summed E-state index contributed by atoms with van der Waals surface area (Å²) in [4.78, 5) is 23.6. The van der Waals surface area contributed by atoms with E-state index in [1.807, 2.05) is 30.3 Å². The molecule has 7 heteroatoms. The molecule has 0 aliphatic heterocycles. The molecule has 25 heavy (non-hydrogen) atoms. The van der Waals surface area contributed by atoms with E-state index in [1.54, 1.807) is 0 Å². The molecule has 130 valence electrons. The summed E-state index contributed by atoms with van der Waals surface area (Å²) >= 11 is 5.26. The average Bonchev–Trinajstić information content (AvgIpc) is 2.65. The minimum absolute atomic E-state index is 0.263. The summed E-state index contributed by atoms with van der Waals surface area (Å²) in [5.41, 5.74) is 1.98. The predicted molar refractivity (Wildman–Crippen MR) is 98.6 cm³/mol. The Morgan fingerprint density at radius 2 is 1.68 bits per heavy atom. The zero-order chi connectivity index (χ0) is 18.2. The van der Waals surface area contributed by atoms with Gasteiger partial charge in [-0.25, -0.2) is 9.59 Å². The van der Waals surface area contributed by atoms with Gasteiger partial charge >= 0.3 is 11.9 Å². The van der Waals surface area contributed by atoms with E-state index in [0.717, 1.165) is 5.56 Å². The van der Waals surface area contributed by atoms with Crippen LogP contribution in [0.25, 0.3) is 0 Å². The summed E-state index contributed by atoms with van der Waals surface area (Å²) in [7, 11) is 2.57. The zero-order valence-corrected chi connectivity index (χ0v) is 14.7. The second kappa shape index (κ2) is 8.79. The van der Waals surface area contributed by atoms with Crippen molar-refractivity contribution >= 4 is 35.0 Å². The molecule has 2 aromatic rings. The lowest BCUT2D eigenvalue weighted by Crippen LogP contribution is -2.28. The van der Waals surface area contributed by atoms with Gasteiger partial charge in [-0.3, -0.25) is 0 Å². The van der Waals surface area contributed by atoms with Crippen molar-refractivity contribution in [2.45, 2.75) is 6.54 Å². The Bertz CT molecular complexity index is 778. The van der Waals surface area contributed by atoms with E-state index in [9.17, 15) is 9.59 Å². The van der Waals surface area contributed by atoms with Gasteiger partial charge < -0.3 is 20.1 Å². The number of nitrogens with one attached hydrogen (secondary N) is 2. The minimum Gasteiger partial charge on any atom is -0.465 e. The van der Waals surface area contributed by atoms with Gasteiger partial charge in [0.25, 0.3) is 0 Å². The summed E-state index contributed by atoms with van der Waals surface area (Å²) in [6.07, 6.45) is 0. The molecule has 0 saturated heterocycles. The molecule has 0 fully saturated rings. The normalized spacial score (nSPS) is 9.84. The molecule has 0 aliphatic rings. The van der Waals surface area contributed by atoms with Crippen LogP contribution < -0.4 is 10.6 Å². The molecule has 2 rings (SSSR count). The maximum Gasteiger partial charge on any atom is 0.339 e. The van der Waals surface area contributed by atoms with Crippen LogP contribution in [0, 0.1) is 0 Å². The molecule has 0 saturated carbocycles. The SMILES string of the molecule is COC(=O)c1ccc(C(=O)OC)c(NC(=S)NCc2ccccc2)c1. The van der Waals surface area contributed by atoms with Gasteiger partial charge in [0.2, 0.25) is 0 Å². The number of thiocarbonyl (C=S) groups is 1. The first-order valence-corrected chi connectivity index (χ1v) is 7.85. The van der Waals surface area contributed by atoms with Gasteiger partial charge in [-0.2, -0.15) is 0 Å². The quantitative estimate of drug-likeness (QED) is 0.629. The van der Waals surface area contributed by atoms with Crippen LogP contribution in [0.4, 0.5) is 5.69 Å². The van der Waals surface area contributed by atoms with Crippen LogP contribution in [0.1, 0.15) is 26.3 Å². The van der Waals surface area contributed by atoms with E-state index in [-0.39, 0.29) is 5.56 Å². The first-order chi connectivity index (χ1) is 12.0. The number of ether oxygens (including phenoxy) is 2. The van der Waals surface area contributed by atoms with Crippen LogP contribution in [-0.4, -0.2) is 31.3 Å². The topological polar surface area (TPSA) is 76.7 Å². The van der Waals surface area contributed by atoms with Crippen LogP contribution in [0.2, 0.25) is 0 Å². The Morgan fingerprint density at radius 3 is 2.32 bits per heavy atom. The average molecular weight is 358 g/mol. The third-order valence-corrected chi connectivity index (χ3v) is 3.64. The van der Waals surface area contributed by atoms with Crippen molar-refractivity contribution in [2.75, 3.05) is 19.5 Å². The van der Waals surface area contributed by atoms with Crippen LogP contribution >= 0.6 is 12.2 Å². The summed E-state index contributed by atoms with van der Waals surface area (Å²) < 4.78 is 9.45. The van der Waals surface area contributed by atoms with E-state index in [2.05, 4.69) is 10.6 Å². The smallest absolute Gasteiger partial charge is 0.339 e. The molecule has 2 N–H and O–H groups in total. The third-order valence-electron chi connectivity index (χ3n) is 3.39. The van der Waals surface area contributed by atoms with E-state index >= 15 is 0 Å². The predicted octanol–water partition coefficient (Wildman–Crippen LogP) is 2.75. The fraction of sp³-hybridized carbons (Fsp3) is 0.167.